The van der Waals surface area contributed by atoms with Crippen molar-refractivity contribution in [2.75, 3.05) is 6.54 Å². The van der Waals surface area contributed by atoms with E-state index in [1.807, 2.05) is 4.90 Å². The fraction of sp³-hybridized carbons (Fsp3) is 0.923. The first kappa shape index (κ1) is 13.5. The molecule has 1 amide bonds. The third kappa shape index (κ3) is 4.12. The number of likely N-dealkylation sites (tertiary alicyclic amines) is 1. The van der Waals surface area contributed by atoms with Crippen LogP contribution in [0.1, 0.15) is 58.8 Å². The van der Waals surface area contributed by atoms with Crippen LogP contribution >= 0.6 is 0 Å². The maximum absolute atomic E-state index is 12.0. The third-order valence-electron chi connectivity index (χ3n) is 3.48. The lowest BCUT2D eigenvalue weighted by Gasteiger charge is -2.36. The molecule has 2 N–H and O–H groups in total. The highest BCUT2D eigenvalue weighted by molar-refractivity contribution is 5.76. The predicted molar refractivity (Wildman–Crippen MR) is 67.1 cm³/mol. The molecule has 1 aliphatic heterocycles. The molecule has 94 valence electrons. The van der Waals surface area contributed by atoms with Crippen molar-refractivity contribution in [2.24, 2.45) is 5.73 Å². The van der Waals surface area contributed by atoms with Crippen molar-refractivity contribution in [3.63, 3.8) is 0 Å². The molecule has 1 saturated heterocycles. The van der Waals surface area contributed by atoms with Crippen LogP contribution in [-0.4, -0.2) is 29.4 Å². The highest BCUT2D eigenvalue weighted by atomic mass is 16.2. The van der Waals surface area contributed by atoms with Crippen LogP contribution in [0.4, 0.5) is 0 Å². The van der Waals surface area contributed by atoms with E-state index in [9.17, 15) is 4.79 Å². The SMILES string of the molecule is CCCCCCC(=O)N1CCC(N)CC1C. The normalized spacial score (nSPS) is 25.8. The summed E-state index contributed by atoms with van der Waals surface area (Å²) in [5.74, 6) is 0.329. The van der Waals surface area contributed by atoms with E-state index in [4.69, 9.17) is 5.73 Å². The van der Waals surface area contributed by atoms with E-state index in [1.165, 1.54) is 19.3 Å². The van der Waals surface area contributed by atoms with Crippen LogP contribution in [0.25, 0.3) is 0 Å². The van der Waals surface area contributed by atoms with Gasteiger partial charge in [-0.3, -0.25) is 4.79 Å². The third-order valence-corrected chi connectivity index (χ3v) is 3.48. The van der Waals surface area contributed by atoms with E-state index in [1.54, 1.807) is 0 Å². The highest BCUT2D eigenvalue weighted by Crippen LogP contribution is 2.17. The Morgan fingerprint density at radius 1 is 1.38 bits per heavy atom. The summed E-state index contributed by atoms with van der Waals surface area (Å²) in [6, 6.07) is 0.626. The number of hydrogen-bond acceptors (Lipinski definition) is 2. The Morgan fingerprint density at radius 2 is 2.12 bits per heavy atom. The maximum atomic E-state index is 12.0. The van der Waals surface area contributed by atoms with E-state index in [0.29, 0.717) is 18.0 Å². The molecule has 16 heavy (non-hydrogen) atoms. The molecule has 0 bridgehead atoms. The van der Waals surface area contributed by atoms with Crippen LogP contribution in [0.5, 0.6) is 0 Å². The van der Waals surface area contributed by atoms with Crippen molar-refractivity contribution in [1.29, 1.82) is 0 Å². The molecule has 1 rings (SSSR count). The number of amides is 1. The van der Waals surface area contributed by atoms with E-state index in [2.05, 4.69) is 13.8 Å². The zero-order valence-electron chi connectivity index (χ0n) is 10.7. The summed E-state index contributed by atoms with van der Waals surface area (Å²) in [6.07, 6.45) is 7.34. The lowest BCUT2D eigenvalue weighted by molar-refractivity contribution is -0.134. The standard InChI is InChI=1S/C13H26N2O/c1-3-4-5-6-7-13(16)15-9-8-12(14)10-11(15)2/h11-12H,3-10,14H2,1-2H3. The van der Waals surface area contributed by atoms with Gasteiger partial charge in [-0.25, -0.2) is 0 Å². The minimum atomic E-state index is 0.291. The van der Waals surface area contributed by atoms with E-state index in [0.717, 1.165) is 32.2 Å². The molecular formula is C13H26N2O. The predicted octanol–water partition coefficient (Wildman–Crippen LogP) is 2.29. The molecule has 2 atom stereocenters. The Bertz CT molecular complexity index is 218. The van der Waals surface area contributed by atoms with Crippen molar-refractivity contribution in [2.45, 2.75) is 70.9 Å². The molecule has 0 aromatic heterocycles. The van der Waals surface area contributed by atoms with E-state index < -0.39 is 0 Å². The fourth-order valence-corrected chi connectivity index (χ4v) is 2.43. The van der Waals surface area contributed by atoms with Crippen LogP contribution < -0.4 is 5.73 Å². The molecule has 3 heteroatoms. The van der Waals surface area contributed by atoms with Gasteiger partial charge >= 0.3 is 0 Å². The number of hydrogen-bond donors (Lipinski definition) is 1. The maximum Gasteiger partial charge on any atom is 0.222 e. The molecule has 0 radical (unpaired) electrons. The van der Waals surface area contributed by atoms with Gasteiger partial charge in [0.05, 0.1) is 0 Å². The molecule has 0 saturated carbocycles. The quantitative estimate of drug-likeness (QED) is 0.731. The smallest absolute Gasteiger partial charge is 0.222 e. The second-order valence-electron chi connectivity index (χ2n) is 5.03. The minimum absolute atomic E-state index is 0.291. The number of rotatable bonds is 5. The van der Waals surface area contributed by atoms with Crippen molar-refractivity contribution >= 4 is 5.91 Å². The van der Waals surface area contributed by atoms with E-state index >= 15 is 0 Å². The number of carbonyl (C=O) groups is 1. The summed E-state index contributed by atoms with van der Waals surface area (Å²) in [5, 5.41) is 0. The lowest BCUT2D eigenvalue weighted by atomic mass is 9.98. The average Bonchev–Trinajstić information content (AvgIpc) is 2.24. The summed E-state index contributed by atoms with van der Waals surface area (Å²) in [7, 11) is 0. The minimum Gasteiger partial charge on any atom is -0.340 e. The fourth-order valence-electron chi connectivity index (χ4n) is 2.43. The first-order chi connectivity index (χ1) is 7.65. The van der Waals surface area contributed by atoms with Crippen LogP contribution in [0, 0.1) is 0 Å². The zero-order chi connectivity index (χ0) is 12.0. The van der Waals surface area contributed by atoms with Crippen molar-refractivity contribution in [3.8, 4) is 0 Å². The number of nitrogens with two attached hydrogens (primary N) is 1. The van der Waals surface area contributed by atoms with Crippen molar-refractivity contribution < 1.29 is 4.79 Å². The van der Waals surface area contributed by atoms with E-state index in [-0.39, 0.29) is 0 Å². The molecule has 1 fully saturated rings. The van der Waals surface area contributed by atoms with Crippen LogP contribution in [-0.2, 0) is 4.79 Å². The van der Waals surface area contributed by atoms with Gasteiger partial charge in [-0.15, -0.1) is 0 Å². The number of nitrogens with zero attached hydrogens (tertiary/aromatic N) is 1. The number of carbonyl (C=O) groups excluding carboxylic acids is 1. The molecule has 0 aromatic rings. The van der Waals surface area contributed by atoms with Gasteiger partial charge < -0.3 is 10.6 Å². The molecular weight excluding hydrogens is 200 g/mol. The molecule has 1 heterocycles. The average molecular weight is 226 g/mol. The van der Waals surface area contributed by atoms with Crippen molar-refractivity contribution in [1.82, 2.24) is 4.90 Å². The highest BCUT2D eigenvalue weighted by Gasteiger charge is 2.26. The monoisotopic (exact) mass is 226 g/mol. The number of piperidine rings is 1. The van der Waals surface area contributed by atoms with Gasteiger partial charge in [0.1, 0.15) is 0 Å². The van der Waals surface area contributed by atoms with Crippen LogP contribution in [0.15, 0.2) is 0 Å². The second kappa shape index (κ2) is 6.89. The molecule has 0 aliphatic carbocycles. The molecule has 2 unspecified atom stereocenters. The van der Waals surface area contributed by atoms with Crippen LogP contribution in [0.2, 0.25) is 0 Å². The van der Waals surface area contributed by atoms with Gasteiger partial charge in [0.2, 0.25) is 5.91 Å². The van der Waals surface area contributed by atoms with Gasteiger partial charge in [-0.2, -0.15) is 0 Å². The second-order valence-corrected chi connectivity index (χ2v) is 5.03. The molecule has 1 aliphatic rings. The Hall–Kier alpha value is -0.570. The summed E-state index contributed by atoms with van der Waals surface area (Å²) in [6.45, 7) is 5.16. The first-order valence-corrected chi connectivity index (χ1v) is 6.70. The Labute approximate surface area is 99.4 Å². The summed E-state index contributed by atoms with van der Waals surface area (Å²) in [4.78, 5) is 14.0. The van der Waals surface area contributed by atoms with Crippen molar-refractivity contribution in [3.05, 3.63) is 0 Å². The van der Waals surface area contributed by atoms with Gasteiger partial charge in [-0.1, -0.05) is 26.2 Å². The largest absolute Gasteiger partial charge is 0.340 e. The first-order valence-electron chi connectivity index (χ1n) is 6.70. The molecule has 3 nitrogen and oxygen atoms in total. The molecule has 0 spiro atoms. The van der Waals surface area contributed by atoms with Gasteiger partial charge in [0, 0.05) is 25.0 Å². The Morgan fingerprint density at radius 3 is 2.75 bits per heavy atom. The van der Waals surface area contributed by atoms with Gasteiger partial charge in [-0.05, 0) is 26.2 Å². The Balaban J connectivity index is 2.25. The van der Waals surface area contributed by atoms with Gasteiger partial charge in [0.15, 0.2) is 0 Å². The summed E-state index contributed by atoms with van der Waals surface area (Å²) < 4.78 is 0. The summed E-state index contributed by atoms with van der Waals surface area (Å²) in [5.41, 5.74) is 5.89. The Kier molecular flexibility index (Phi) is 5.81. The zero-order valence-corrected chi connectivity index (χ0v) is 10.7. The summed E-state index contributed by atoms with van der Waals surface area (Å²) >= 11 is 0. The van der Waals surface area contributed by atoms with Gasteiger partial charge in [0.25, 0.3) is 0 Å². The topological polar surface area (TPSA) is 46.3 Å². The van der Waals surface area contributed by atoms with Crippen LogP contribution in [0.3, 0.4) is 0 Å². The molecule has 0 aromatic carbocycles. The number of unbranched alkanes of at least 4 members (excludes halogenated alkanes) is 3. The lowest BCUT2D eigenvalue weighted by Crippen LogP contribution is -2.48.